The van der Waals surface area contributed by atoms with E-state index in [0.717, 1.165) is 19.3 Å². The van der Waals surface area contributed by atoms with Gasteiger partial charge in [0, 0.05) is 17.6 Å². The number of hydrogen-bond donors (Lipinski definition) is 1. The number of esters is 1. The third kappa shape index (κ3) is 5.21. The first-order chi connectivity index (χ1) is 12.4. The molecule has 26 heavy (non-hydrogen) atoms. The van der Waals surface area contributed by atoms with Crippen LogP contribution >= 0.6 is 0 Å². The Balaban J connectivity index is 1.75. The minimum atomic E-state index is -0.641. The van der Waals surface area contributed by atoms with Gasteiger partial charge in [0.25, 0.3) is 11.8 Å². The summed E-state index contributed by atoms with van der Waals surface area (Å²) in [6.45, 7) is 3.42. The lowest BCUT2D eigenvalue weighted by molar-refractivity contribution is -0.154. The summed E-state index contributed by atoms with van der Waals surface area (Å²) in [6, 6.07) is 6.82. The second kappa shape index (κ2) is 9.22. The highest BCUT2D eigenvalue weighted by atomic mass is 16.5. The average Bonchev–Trinajstić information content (AvgIpc) is 2.64. The van der Waals surface area contributed by atoms with Crippen molar-refractivity contribution in [2.45, 2.75) is 45.2 Å². The van der Waals surface area contributed by atoms with Crippen LogP contribution in [0.25, 0.3) is 0 Å². The SMILES string of the molecule is COc1ccc(C(=O)NCC(=O)OCC(=O)N2[C@H](C)CCC[C@@H]2C)cc1. The quantitative estimate of drug-likeness (QED) is 0.780. The van der Waals surface area contributed by atoms with Gasteiger partial charge in [-0.15, -0.1) is 0 Å². The number of methoxy groups -OCH3 is 1. The zero-order chi connectivity index (χ0) is 19.1. The van der Waals surface area contributed by atoms with Gasteiger partial charge in [-0.2, -0.15) is 0 Å². The minimum absolute atomic E-state index is 0.153. The first-order valence-electron chi connectivity index (χ1n) is 8.81. The van der Waals surface area contributed by atoms with Crippen LogP contribution in [-0.2, 0) is 14.3 Å². The van der Waals surface area contributed by atoms with Gasteiger partial charge in [0.05, 0.1) is 7.11 Å². The molecular formula is C19H26N2O5. The van der Waals surface area contributed by atoms with E-state index in [4.69, 9.17) is 9.47 Å². The molecule has 0 bridgehead atoms. The van der Waals surface area contributed by atoms with E-state index in [1.165, 1.54) is 7.11 Å². The largest absolute Gasteiger partial charge is 0.497 e. The maximum atomic E-state index is 12.3. The van der Waals surface area contributed by atoms with Crippen molar-refractivity contribution in [2.24, 2.45) is 0 Å². The monoisotopic (exact) mass is 362 g/mol. The highest BCUT2D eigenvalue weighted by molar-refractivity contribution is 5.96. The molecule has 0 aliphatic carbocycles. The van der Waals surface area contributed by atoms with Crippen molar-refractivity contribution in [2.75, 3.05) is 20.3 Å². The van der Waals surface area contributed by atoms with E-state index < -0.39 is 11.9 Å². The van der Waals surface area contributed by atoms with Crippen molar-refractivity contribution in [1.82, 2.24) is 10.2 Å². The van der Waals surface area contributed by atoms with Gasteiger partial charge in [-0.3, -0.25) is 14.4 Å². The Bertz CT molecular complexity index is 634. The van der Waals surface area contributed by atoms with E-state index >= 15 is 0 Å². The van der Waals surface area contributed by atoms with E-state index in [9.17, 15) is 14.4 Å². The predicted molar refractivity (Wildman–Crippen MR) is 95.9 cm³/mol. The van der Waals surface area contributed by atoms with Crippen LogP contribution in [0.2, 0.25) is 0 Å². The molecule has 0 aromatic heterocycles. The molecule has 1 heterocycles. The van der Waals surface area contributed by atoms with Crippen LogP contribution in [0.3, 0.4) is 0 Å². The highest BCUT2D eigenvalue weighted by Gasteiger charge is 2.29. The van der Waals surface area contributed by atoms with Crippen LogP contribution in [-0.4, -0.2) is 55.0 Å². The molecule has 142 valence electrons. The standard InChI is InChI=1S/C19H26N2O5/c1-13-5-4-6-14(2)21(13)17(22)12-26-18(23)11-20-19(24)15-7-9-16(25-3)10-8-15/h7-10,13-14H,4-6,11-12H2,1-3H3,(H,20,24)/t13-,14+. The molecule has 7 heteroatoms. The van der Waals surface area contributed by atoms with Gasteiger partial charge < -0.3 is 19.7 Å². The van der Waals surface area contributed by atoms with Gasteiger partial charge in [-0.25, -0.2) is 0 Å². The van der Waals surface area contributed by atoms with Crippen molar-refractivity contribution in [3.8, 4) is 5.75 Å². The van der Waals surface area contributed by atoms with Crippen molar-refractivity contribution in [1.29, 1.82) is 0 Å². The topological polar surface area (TPSA) is 84.9 Å². The van der Waals surface area contributed by atoms with Gasteiger partial charge in [0.15, 0.2) is 6.61 Å². The van der Waals surface area contributed by atoms with E-state index in [1.54, 1.807) is 29.2 Å². The molecule has 1 aromatic rings. The average molecular weight is 362 g/mol. The molecule has 1 fully saturated rings. The number of carbonyl (C=O) groups excluding carboxylic acids is 3. The Kier molecular flexibility index (Phi) is 7.00. The Morgan fingerprint density at radius 2 is 1.73 bits per heavy atom. The van der Waals surface area contributed by atoms with Crippen molar-refractivity contribution in [3.63, 3.8) is 0 Å². The number of nitrogens with one attached hydrogen (secondary N) is 1. The second-order valence-corrected chi connectivity index (χ2v) is 6.50. The minimum Gasteiger partial charge on any atom is -0.497 e. The molecule has 2 atom stereocenters. The lowest BCUT2D eigenvalue weighted by atomic mass is 9.97. The number of piperidine rings is 1. The van der Waals surface area contributed by atoms with Gasteiger partial charge in [-0.05, 0) is 57.4 Å². The number of nitrogens with zero attached hydrogens (tertiary/aromatic N) is 1. The van der Waals surface area contributed by atoms with Gasteiger partial charge >= 0.3 is 5.97 Å². The third-order valence-electron chi connectivity index (χ3n) is 4.58. The van der Waals surface area contributed by atoms with Crippen LogP contribution in [0.1, 0.15) is 43.5 Å². The molecule has 1 aliphatic heterocycles. The van der Waals surface area contributed by atoms with E-state index in [0.29, 0.717) is 11.3 Å². The third-order valence-corrected chi connectivity index (χ3v) is 4.58. The molecule has 1 N–H and O–H groups in total. The first-order valence-corrected chi connectivity index (χ1v) is 8.81. The summed E-state index contributed by atoms with van der Waals surface area (Å²) < 4.78 is 10.0. The summed E-state index contributed by atoms with van der Waals surface area (Å²) in [6.07, 6.45) is 3.02. The second-order valence-electron chi connectivity index (χ2n) is 6.50. The fourth-order valence-corrected chi connectivity index (χ4v) is 3.18. The van der Waals surface area contributed by atoms with E-state index in [-0.39, 0.29) is 31.1 Å². The summed E-state index contributed by atoms with van der Waals surface area (Å²) >= 11 is 0. The Labute approximate surface area is 153 Å². The molecule has 7 nitrogen and oxygen atoms in total. The molecule has 2 amide bonds. The lowest BCUT2D eigenvalue weighted by Gasteiger charge is -2.38. The predicted octanol–water partition coefficient (Wildman–Crippen LogP) is 1.76. The van der Waals surface area contributed by atoms with Gasteiger partial charge in [-0.1, -0.05) is 0 Å². The molecule has 2 rings (SSSR count). The number of carbonyl (C=O) groups is 3. The van der Waals surface area contributed by atoms with Crippen LogP contribution in [0.15, 0.2) is 24.3 Å². The fraction of sp³-hybridized carbons (Fsp3) is 0.526. The maximum Gasteiger partial charge on any atom is 0.325 e. The number of likely N-dealkylation sites (tertiary alicyclic amines) is 1. The summed E-state index contributed by atoms with van der Waals surface area (Å²) in [4.78, 5) is 37.9. The van der Waals surface area contributed by atoms with Crippen molar-refractivity contribution < 1.29 is 23.9 Å². The summed E-state index contributed by atoms with van der Waals surface area (Å²) in [5.41, 5.74) is 0.408. The number of ether oxygens (including phenoxy) is 2. The zero-order valence-electron chi connectivity index (χ0n) is 15.5. The molecule has 1 aromatic carbocycles. The molecule has 0 saturated carbocycles. The van der Waals surface area contributed by atoms with Crippen LogP contribution in [0.5, 0.6) is 5.75 Å². The molecule has 1 aliphatic rings. The highest BCUT2D eigenvalue weighted by Crippen LogP contribution is 2.22. The number of hydrogen-bond acceptors (Lipinski definition) is 5. The lowest BCUT2D eigenvalue weighted by Crippen LogP contribution is -2.49. The number of amides is 2. The van der Waals surface area contributed by atoms with E-state index in [1.807, 2.05) is 13.8 Å². The van der Waals surface area contributed by atoms with Gasteiger partial charge in [0.2, 0.25) is 0 Å². The molecule has 1 saturated heterocycles. The zero-order valence-corrected chi connectivity index (χ0v) is 15.5. The molecular weight excluding hydrogens is 336 g/mol. The molecule has 0 spiro atoms. The molecule has 0 radical (unpaired) electrons. The maximum absolute atomic E-state index is 12.3. The van der Waals surface area contributed by atoms with Crippen LogP contribution in [0.4, 0.5) is 0 Å². The summed E-state index contributed by atoms with van der Waals surface area (Å²) in [5.74, 6) is -0.591. The Hall–Kier alpha value is -2.57. The number of benzene rings is 1. The van der Waals surface area contributed by atoms with Gasteiger partial charge in [0.1, 0.15) is 12.3 Å². The van der Waals surface area contributed by atoms with Crippen molar-refractivity contribution >= 4 is 17.8 Å². The normalized spacial score (nSPS) is 19.6. The smallest absolute Gasteiger partial charge is 0.325 e. The molecule has 0 unspecified atom stereocenters. The summed E-state index contributed by atoms with van der Waals surface area (Å²) in [7, 11) is 1.54. The number of rotatable bonds is 6. The van der Waals surface area contributed by atoms with Crippen molar-refractivity contribution in [3.05, 3.63) is 29.8 Å². The first kappa shape index (κ1) is 19.8. The Morgan fingerprint density at radius 1 is 1.12 bits per heavy atom. The fourth-order valence-electron chi connectivity index (χ4n) is 3.18. The summed E-state index contributed by atoms with van der Waals surface area (Å²) in [5, 5.41) is 2.48. The Morgan fingerprint density at radius 3 is 2.31 bits per heavy atom. The van der Waals surface area contributed by atoms with Crippen LogP contribution < -0.4 is 10.1 Å². The van der Waals surface area contributed by atoms with E-state index in [2.05, 4.69) is 5.32 Å². The van der Waals surface area contributed by atoms with Crippen LogP contribution in [0, 0.1) is 0 Å².